The third kappa shape index (κ3) is 5.70. The van der Waals surface area contributed by atoms with Crippen molar-refractivity contribution in [1.29, 1.82) is 0 Å². The second-order valence-corrected chi connectivity index (χ2v) is 5.81. The third-order valence-corrected chi connectivity index (χ3v) is 3.04. The number of carbonyl (C=O) groups excluding carboxylic acids is 2. The molecule has 0 radical (unpaired) electrons. The summed E-state index contributed by atoms with van der Waals surface area (Å²) in [5.41, 5.74) is 1.82. The van der Waals surface area contributed by atoms with E-state index in [-0.39, 0.29) is 36.7 Å². The average molecular weight is 286 g/mol. The average Bonchev–Trinajstić information content (AvgIpc) is 2.44. The van der Waals surface area contributed by atoms with Crippen molar-refractivity contribution in [3.05, 3.63) is 35.4 Å². The van der Waals surface area contributed by atoms with Crippen molar-refractivity contribution in [3.63, 3.8) is 0 Å². The lowest BCUT2D eigenvalue weighted by Gasteiger charge is -2.19. The van der Waals surface area contributed by atoms with E-state index >= 15 is 0 Å². The second-order valence-electron chi connectivity index (χ2n) is 5.81. The molecule has 0 fully saturated rings. The van der Waals surface area contributed by atoms with Crippen molar-refractivity contribution in [1.82, 2.24) is 10.6 Å². The Morgan fingerprint density at radius 1 is 1.14 bits per heavy atom. The zero-order chi connectivity index (χ0) is 15.9. The van der Waals surface area contributed by atoms with E-state index < -0.39 is 0 Å². The summed E-state index contributed by atoms with van der Waals surface area (Å²) in [6, 6.07) is 7.51. The Kier molecular flexibility index (Phi) is 5.98. The number of terminal acetylenes is 1. The maximum atomic E-state index is 11.9. The molecule has 0 saturated carbocycles. The van der Waals surface area contributed by atoms with Crippen LogP contribution in [0.25, 0.3) is 0 Å². The van der Waals surface area contributed by atoms with Crippen LogP contribution in [0.4, 0.5) is 0 Å². The highest BCUT2D eigenvalue weighted by atomic mass is 16.2. The molecule has 1 aromatic rings. The standard InChI is InChI=1S/C17H22N2O2/c1-5-11-18-15(20)10-12-19-16(21)13-6-8-14(9-7-13)17(2,3)4/h1,6-9H,10-12H2,2-4H3,(H,18,20)(H,19,21). The summed E-state index contributed by atoms with van der Waals surface area (Å²) in [5, 5.41) is 5.26. The first-order valence-electron chi connectivity index (χ1n) is 6.93. The first-order valence-corrected chi connectivity index (χ1v) is 6.93. The highest BCUT2D eigenvalue weighted by Gasteiger charge is 2.14. The number of carbonyl (C=O) groups is 2. The summed E-state index contributed by atoms with van der Waals surface area (Å²) in [4.78, 5) is 23.2. The molecule has 0 unspecified atom stereocenters. The topological polar surface area (TPSA) is 58.2 Å². The molecule has 0 aliphatic heterocycles. The quantitative estimate of drug-likeness (QED) is 0.812. The Morgan fingerprint density at radius 2 is 1.76 bits per heavy atom. The smallest absolute Gasteiger partial charge is 0.251 e. The second kappa shape index (κ2) is 7.49. The van der Waals surface area contributed by atoms with Gasteiger partial charge in [0.15, 0.2) is 0 Å². The number of rotatable bonds is 5. The molecule has 0 bridgehead atoms. The molecule has 112 valence electrons. The van der Waals surface area contributed by atoms with Crippen LogP contribution in [0.5, 0.6) is 0 Å². The first kappa shape index (κ1) is 16.8. The highest BCUT2D eigenvalue weighted by molar-refractivity contribution is 5.94. The van der Waals surface area contributed by atoms with Gasteiger partial charge in [-0.15, -0.1) is 6.42 Å². The van der Waals surface area contributed by atoms with Crippen LogP contribution >= 0.6 is 0 Å². The van der Waals surface area contributed by atoms with Crippen molar-refractivity contribution in [2.24, 2.45) is 0 Å². The fraction of sp³-hybridized carbons (Fsp3) is 0.412. The van der Waals surface area contributed by atoms with Gasteiger partial charge in [0.2, 0.25) is 5.91 Å². The Hall–Kier alpha value is -2.28. The molecule has 0 heterocycles. The molecule has 0 aliphatic carbocycles. The van der Waals surface area contributed by atoms with E-state index in [1.54, 1.807) is 12.1 Å². The third-order valence-electron chi connectivity index (χ3n) is 3.04. The molecule has 4 heteroatoms. The number of amides is 2. The van der Waals surface area contributed by atoms with Gasteiger partial charge in [-0.05, 0) is 23.1 Å². The van der Waals surface area contributed by atoms with Crippen molar-refractivity contribution in [2.45, 2.75) is 32.6 Å². The van der Waals surface area contributed by atoms with Crippen molar-refractivity contribution >= 4 is 11.8 Å². The zero-order valence-corrected chi connectivity index (χ0v) is 12.8. The van der Waals surface area contributed by atoms with Gasteiger partial charge in [-0.25, -0.2) is 0 Å². The maximum absolute atomic E-state index is 11.9. The predicted octanol–water partition coefficient (Wildman–Crippen LogP) is 1.85. The lowest BCUT2D eigenvalue weighted by atomic mass is 9.87. The van der Waals surface area contributed by atoms with E-state index in [9.17, 15) is 9.59 Å². The van der Waals surface area contributed by atoms with Crippen LogP contribution in [0.2, 0.25) is 0 Å². The largest absolute Gasteiger partial charge is 0.352 e. The van der Waals surface area contributed by atoms with E-state index in [2.05, 4.69) is 37.3 Å². The molecular formula is C17H22N2O2. The molecule has 2 amide bonds. The summed E-state index contributed by atoms with van der Waals surface area (Å²) in [7, 11) is 0. The minimum atomic E-state index is -0.180. The van der Waals surface area contributed by atoms with Gasteiger partial charge in [-0.3, -0.25) is 9.59 Å². The molecular weight excluding hydrogens is 264 g/mol. The van der Waals surface area contributed by atoms with Gasteiger partial charge in [0, 0.05) is 18.5 Å². The SMILES string of the molecule is C#CCNC(=O)CCNC(=O)c1ccc(C(C)(C)C)cc1. The van der Waals surface area contributed by atoms with Crippen molar-refractivity contribution in [3.8, 4) is 12.3 Å². The van der Waals surface area contributed by atoms with Crippen LogP contribution in [0.15, 0.2) is 24.3 Å². The van der Waals surface area contributed by atoms with Crippen LogP contribution in [0, 0.1) is 12.3 Å². The highest BCUT2D eigenvalue weighted by Crippen LogP contribution is 2.22. The van der Waals surface area contributed by atoms with Crippen molar-refractivity contribution < 1.29 is 9.59 Å². The number of hydrogen-bond acceptors (Lipinski definition) is 2. The van der Waals surface area contributed by atoms with Gasteiger partial charge in [0.1, 0.15) is 0 Å². The number of benzene rings is 1. The van der Waals surface area contributed by atoms with Gasteiger partial charge in [0.05, 0.1) is 6.54 Å². The van der Waals surface area contributed by atoms with Crippen LogP contribution in [0.1, 0.15) is 43.1 Å². The maximum Gasteiger partial charge on any atom is 0.251 e. The molecule has 2 N–H and O–H groups in total. The minimum absolute atomic E-state index is 0.0596. The van der Waals surface area contributed by atoms with Gasteiger partial charge in [-0.1, -0.05) is 38.8 Å². The van der Waals surface area contributed by atoms with Gasteiger partial charge < -0.3 is 10.6 Å². The first-order chi connectivity index (χ1) is 9.84. The number of hydrogen-bond donors (Lipinski definition) is 2. The van der Waals surface area contributed by atoms with Crippen molar-refractivity contribution in [2.75, 3.05) is 13.1 Å². The summed E-state index contributed by atoms with van der Waals surface area (Å²) >= 11 is 0. The Balaban J connectivity index is 2.46. The molecule has 0 saturated heterocycles. The fourth-order valence-corrected chi connectivity index (χ4v) is 1.75. The Bertz CT molecular complexity index is 533. The fourth-order valence-electron chi connectivity index (χ4n) is 1.75. The van der Waals surface area contributed by atoms with E-state index in [1.807, 2.05) is 12.1 Å². The summed E-state index contributed by atoms with van der Waals surface area (Å²) < 4.78 is 0. The molecule has 1 rings (SSSR count). The van der Waals surface area contributed by atoms with Crippen LogP contribution in [0.3, 0.4) is 0 Å². The van der Waals surface area contributed by atoms with Crippen LogP contribution in [-0.2, 0) is 10.2 Å². The summed E-state index contributed by atoms with van der Waals surface area (Å²) in [5.74, 6) is 1.97. The molecule has 0 atom stereocenters. The van der Waals surface area contributed by atoms with E-state index in [4.69, 9.17) is 6.42 Å². The number of nitrogens with one attached hydrogen (secondary N) is 2. The normalized spacial score (nSPS) is 10.6. The summed E-state index contributed by atoms with van der Waals surface area (Å²) in [6.07, 6.45) is 5.25. The lowest BCUT2D eigenvalue weighted by Crippen LogP contribution is -2.30. The van der Waals surface area contributed by atoms with E-state index in [0.717, 1.165) is 0 Å². The predicted molar refractivity (Wildman–Crippen MR) is 83.9 cm³/mol. The summed E-state index contributed by atoms with van der Waals surface area (Å²) in [6.45, 7) is 6.86. The van der Waals surface area contributed by atoms with Gasteiger partial charge in [-0.2, -0.15) is 0 Å². The molecule has 0 aliphatic rings. The van der Waals surface area contributed by atoms with E-state index in [0.29, 0.717) is 5.56 Å². The zero-order valence-electron chi connectivity index (χ0n) is 12.8. The van der Waals surface area contributed by atoms with E-state index in [1.165, 1.54) is 5.56 Å². The van der Waals surface area contributed by atoms with Crippen LogP contribution < -0.4 is 10.6 Å². The Labute approximate surface area is 126 Å². The van der Waals surface area contributed by atoms with Gasteiger partial charge in [0.25, 0.3) is 5.91 Å². The molecule has 0 aromatic heterocycles. The monoisotopic (exact) mass is 286 g/mol. The van der Waals surface area contributed by atoms with Crippen LogP contribution in [-0.4, -0.2) is 24.9 Å². The minimum Gasteiger partial charge on any atom is -0.352 e. The molecule has 0 spiro atoms. The lowest BCUT2D eigenvalue weighted by molar-refractivity contribution is -0.120. The molecule has 4 nitrogen and oxygen atoms in total. The van der Waals surface area contributed by atoms with Gasteiger partial charge >= 0.3 is 0 Å². The molecule has 1 aromatic carbocycles. The Morgan fingerprint density at radius 3 is 2.29 bits per heavy atom. The molecule has 21 heavy (non-hydrogen) atoms.